The van der Waals surface area contributed by atoms with E-state index in [9.17, 15) is 0 Å². The Bertz CT molecular complexity index is 3210. The van der Waals surface area contributed by atoms with Crippen molar-refractivity contribution < 1.29 is 8.83 Å². The quantitative estimate of drug-likeness (QED) is 0.173. The van der Waals surface area contributed by atoms with E-state index in [1.807, 2.05) is 12.1 Å². The summed E-state index contributed by atoms with van der Waals surface area (Å²) in [7, 11) is 0. The molecule has 0 atom stereocenters. The predicted octanol–water partition coefficient (Wildman–Crippen LogP) is 15.1. The molecule has 0 aliphatic rings. The molecule has 2 aromatic heterocycles. The lowest BCUT2D eigenvalue weighted by molar-refractivity contribution is 0.670. The Balaban J connectivity index is 1.11. The molecule has 0 amide bonds. The molecule has 2 heterocycles. The molecule has 0 saturated heterocycles. The predicted molar refractivity (Wildman–Crippen MR) is 229 cm³/mol. The van der Waals surface area contributed by atoms with E-state index in [4.69, 9.17) is 8.83 Å². The molecular formula is C52H33NO2. The molecule has 0 unspecified atom stereocenters. The van der Waals surface area contributed by atoms with Crippen molar-refractivity contribution >= 4 is 71.7 Å². The Labute approximate surface area is 317 Å². The van der Waals surface area contributed by atoms with Crippen molar-refractivity contribution in [2.24, 2.45) is 0 Å². The first-order valence-corrected chi connectivity index (χ1v) is 18.7. The number of hydrogen-bond acceptors (Lipinski definition) is 3. The van der Waals surface area contributed by atoms with Crippen molar-refractivity contribution in [1.29, 1.82) is 0 Å². The van der Waals surface area contributed by atoms with Gasteiger partial charge in [-0.1, -0.05) is 158 Å². The van der Waals surface area contributed by atoms with Gasteiger partial charge in [0.05, 0.1) is 11.4 Å². The summed E-state index contributed by atoms with van der Waals surface area (Å²) in [4.78, 5) is 2.39. The van der Waals surface area contributed by atoms with Gasteiger partial charge >= 0.3 is 0 Å². The molecule has 0 radical (unpaired) electrons. The largest absolute Gasteiger partial charge is 0.455 e. The number of nitrogens with zero attached hydrogens (tertiary/aromatic N) is 1. The third-order valence-corrected chi connectivity index (χ3v) is 10.9. The molecule has 11 aromatic rings. The minimum atomic E-state index is 0.880. The highest BCUT2D eigenvalue weighted by atomic mass is 16.3. The van der Waals surface area contributed by atoms with E-state index in [1.54, 1.807) is 0 Å². The summed E-state index contributed by atoms with van der Waals surface area (Å²) < 4.78 is 13.2. The molecule has 0 bridgehead atoms. The fraction of sp³-hybridized carbons (Fsp3) is 0. The van der Waals surface area contributed by atoms with Gasteiger partial charge in [0.1, 0.15) is 22.3 Å². The van der Waals surface area contributed by atoms with Crippen molar-refractivity contribution in [2.75, 3.05) is 4.90 Å². The molecule has 0 fully saturated rings. The van der Waals surface area contributed by atoms with E-state index in [1.165, 1.54) is 10.8 Å². The van der Waals surface area contributed by atoms with Crippen LogP contribution in [-0.2, 0) is 0 Å². The molecule has 258 valence electrons. The van der Waals surface area contributed by atoms with Crippen LogP contribution >= 0.6 is 0 Å². The van der Waals surface area contributed by atoms with Gasteiger partial charge in [0.15, 0.2) is 0 Å². The first-order chi connectivity index (χ1) is 27.3. The van der Waals surface area contributed by atoms with Gasteiger partial charge in [-0.25, -0.2) is 0 Å². The maximum absolute atomic E-state index is 6.78. The van der Waals surface area contributed by atoms with Gasteiger partial charge in [0.25, 0.3) is 0 Å². The number of anilines is 3. The highest BCUT2D eigenvalue weighted by molar-refractivity contribution is 6.14. The normalized spacial score (nSPS) is 11.6. The maximum Gasteiger partial charge on any atom is 0.143 e. The van der Waals surface area contributed by atoms with E-state index in [0.29, 0.717) is 0 Å². The number of para-hydroxylation sites is 5. The maximum atomic E-state index is 6.78. The molecule has 0 saturated carbocycles. The number of rotatable bonds is 6. The second kappa shape index (κ2) is 12.6. The first kappa shape index (κ1) is 31.2. The van der Waals surface area contributed by atoms with Crippen LogP contribution in [0.1, 0.15) is 0 Å². The van der Waals surface area contributed by atoms with Gasteiger partial charge in [-0.2, -0.15) is 0 Å². The Kier molecular flexibility index (Phi) is 7.17. The number of fused-ring (bicyclic) bond motifs is 7. The van der Waals surface area contributed by atoms with Crippen molar-refractivity contribution in [3.8, 4) is 33.4 Å². The lowest BCUT2D eigenvalue weighted by Crippen LogP contribution is -2.12. The second-order valence-corrected chi connectivity index (χ2v) is 14.0. The third-order valence-electron chi connectivity index (χ3n) is 10.9. The zero-order chi connectivity index (χ0) is 36.3. The standard InChI is InChI=1S/C52H33NO2/c1-2-14-34(15-3-1)39-18-6-9-25-47(39)53(38-30-28-35(29-31-38)40-21-12-23-44-42-20-8-11-27-49(42)54-51(40)44)48-26-10-7-19-41(48)43-22-13-24-45-46-32-36-16-4-5-17-37(36)33-50(46)55-52(43)45/h1-33H. The van der Waals surface area contributed by atoms with Crippen molar-refractivity contribution in [2.45, 2.75) is 0 Å². The molecule has 11 rings (SSSR count). The zero-order valence-corrected chi connectivity index (χ0v) is 29.8. The van der Waals surface area contributed by atoms with Crippen LogP contribution in [0.25, 0.3) is 88.0 Å². The Morgan fingerprint density at radius 2 is 0.836 bits per heavy atom. The number of hydrogen-bond donors (Lipinski definition) is 0. The summed E-state index contributed by atoms with van der Waals surface area (Å²) in [5, 5.41) is 6.84. The monoisotopic (exact) mass is 703 g/mol. The average molecular weight is 704 g/mol. The summed E-state index contributed by atoms with van der Waals surface area (Å²) in [5.74, 6) is 0. The summed E-state index contributed by atoms with van der Waals surface area (Å²) in [6, 6.07) is 70.9. The minimum Gasteiger partial charge on any atom is -0.455 e. The van der Waals surface area contributed by atoms with Crippen LogP contribution in [-0.4, -0.2) is 0 Å². The molecule has 55 heavy (non-hydrogen) atoms. The summed E-state index contributed by atoms with van der Waals surface area (Å²) >= 11 is 0. The lowest BCUT2D eigenvalue weighted by Gasteiger charge is -2.30. The third kappa shape index (κ3) is 5.13. The smallest absolute Gasteiger partial charge is 0.143 e. The van der Waals surface area contributed by atoms with E-state index < -0.39 is 0 Å². The van der Waals surface area contributed by atoms with Gasteiger partial charge < -0.3 is 13.7 Å². The molecular weight excluding hydrogens is 671 g/mol. The van der Waals surface area contributed by atoms with Gasteiger partial charge in [0.2, 0.25) is 0 Å². The summed E-state index contributed by atoms with van der Waals surface area (Å²) in [5.41, 5.74) is 13.3. The fourth-order valence-corrected chi connectivity index (χ4v) is 8.29. The minimum absolute atomic E-state index is 0.880. The van der Waals surface area contributed by atoms with Crippen molar-refractivity contribution in [1.82, 2.24) is 0 Å². The second-order valence-electron chi connectivity index (χ2n) is 14.0. The highest BCUT2D eigenvalue weighted by Gasteiger charge is 2.23. The van der Waals surface area contributed by atoms with Crippen LogP contribution in [0.2, 0.25) is 0 Å². The molecule has 0 aliphatic heterocycles. The van der Waals surface area contributed by atoms with Crippen LogP contribution in [0.4, 0.5) is 17.1 Å². The van der Waals surface area contributed by atoms with Crippen molar-refractivity contribution in [3.63, 3.8) is 0 Å². The van der Waals surface area contributed by atoms with Crippen molar-refractivity contribution in [3.05, 3.63) is 200 Å². The molecule has 0 N–H and O–H groups in total. The van der Waals surface area contributed by atoms with Crippen LogP contribution < -0.4 is 4.90 Å². The Morgan fingerprint density at radius 1 is 0.309 bits per heavy atom. The zero-order valence-electron chi connectivity index (χ0n) is 29.8. The number of benzene rings is 9. The van der Waals surface area contributed by atoms with E-state index in [-0.39, 0.29) is 0 Å². The number of furan rings is 2. The van der Waals surface area contributed by atoms with E-state index in [0.717, 1.165) is 94.3 Å². The van der Waals surface area contributed by atoms with Crippen LogP contribution in [0.3, 0.4) is 0 Å². The molecule has 9 aromatic carbocycles. The molecule has 0 spiro atoms. The summed E-state index contributed by atoms with van der Waals surface area (Å²) in [6.45, 7) is 0. The highest BCUT2D eigenvalue weighted by Crippen LogP contribution is 2.47. The van der Waals surface area contributed by atoms with Crippen LogP contribution in [0.15, 0.2) is 209 Å². The fourth-order valence-electron chi connectivity index (χ4n) is 8.29. The molecule has 3 heteroatoms. The van der Waals surface area contributed by atoms with Gasteiger partial charge in [-0.05, 0) is 64.4 Å². The van der Waals surface area contributed by atoms with Gasteiger partial charge in [0, 0.05) is 49.5 Å². The first-order valence-electron chi connectivity index (χ1n) is 18.7. The SMILES string of the molecule is c1ccc(-c2ccccc2N(c2ccc(-c3cccc4c3oc3ccccc34)cc2)c2ccccc2-c2cccc3c2oc2cc4ccccc4cc23)cc1. The van der Waals surface area contributed by atoms with E-state index >= 15 is 0 Å². The lowest BCUT2D eigenvalue weighted by atomic mass is 9.97. The summed E-state index contributed by atoms with van der Waals surface area (Å²) in [6.07, 6.45) is 0. The van der Waals surface area contributed by atoms with Crippen LogP contribution in [0, 0.1) is 0 Å². The van der Waals surface area contributed by atoms with Crippen LogP contribution in [0.5, 0.6) is 0 Å². The Hall–Kier alpha value is -7.36. The topological polar surface area (TPSA) is 29.5 Å². The van der Waals surface area contributed by atoms with E-state index in [2.05, 4.69) is 193 Å². The Morgan fingerprint density at radius 3 is 1.64 bits per heavy atom. The van der Waals surface area contributed by atoms with Gasteiger partial charge in [-0.15, -0.1) is 0 Å². The van der Waals surface area contributed by atoms with Gasteiger partial charge in [-0.3, -0.25) is 0 Å². The molecule has 3 nitrogen and oxygen atoms in total. The molecule has 0 aliphatic carbocycles. The average Bonchev–Trinajstić information content (AvgIpc) is 3.82.